The van der Waals surface area contributed by atoms with Crippen LogP contribution < -0.4 is 10.1 Å². The van der Waals surface area contributed by atoms with Gasteiger partial charge in [-0.2, -0.15) is 0 Å². The van der Waals surface area contributed by atoms with E-state index in [1.54, 1.807) is 12.1 Å². The van der Waals surface area contributed by atoms with Crippen LogP contribution in [0, 0.1) is 5.82 Å². The fourth-order valence-electron chi connectivity index (χ4n) is 1.47. The summed E-state index contributed by atoms with van der Waals surface area (Å²) in [4.78, 5) is 0. The molecule has 14 heavy (non-hydrogen) atoms. The molecule has 2 nitrogen and oxygen atoms in total. The van der Waals surface area contributed by atoms with E-state index in [9.17, 15) is 4.39 Å². The number of rotatable bonds is 2. The quantitative estimate of drug-likeness (QED) is 0.881. The molecule has 0 radical (unpaired) electrons. The molecule has 0 saturated carbocycles. The highest BCUT2D eigenvalue weighted by molar-refractivity contribution is 9.10. The number of hydrogen-bond donors (Lipinski definition) is 1. The van der Waals surface area contributed by atoms with E-state index in [2.05, 4.69) is 21.2 Å². The van der Waals surface area contributed by atoms with E-state index < -0.39 is 0 Å². The molecular weight excluding hydrogens is 249 g/mol. The minimum atomic E-state index is -0.284. The zero-order valence-corrected chi connectivity index (χ0v) is 9.18. The number of benzene rings is 1. The van der Waals surface area contributed by atoms with Crippen LogP contribution in [0.1, 0.15) is 6.42 Å². The van der Waals surface area contributed by atoms with Crippen molar-refractivity contribution in [1.82, 2.24) is 5.32 Å². The van der Waals surface area contributed by atoms with Crippen LogP contribution >= 0.6 is 15.9 Å². The summed E-state index contributed by atoms with van der Waals surface area (Å²) in [6.07, 6.45) is 1.16. The highest BCUT2D eigenvalue weighted by atomic mass is 79.9. The van der Waals surface area contributed by atoms with Crippen LogP contribution in [-0.2, 0) is 0 Å². The molecule has 1 aliphatic rings. The molecule has 0 amide bonds. The Kier molecular flexibility index (Phi) is 3.03. The summed E-state index contributed by atoms with van der Waals surface area (Å²) in [7, 11) is 0. The van der Waals surface area contributed by atoms with E-state index in [0.717, 1.165) is 19.5 Å². The molecule has 1 heterocycles. The second kappa shape index (κ2) is 4.28. The van der Waals surface area contributed by atoms with Crippen molar-refractivity contribution in [1.29, 1.82) is 0 Å². The Bertz CT molecular complexity index is 326. The third-order valence-corrected chi connectivity index (χ3v) is 2.85. The molecule has 0 unspecified atom stereocenters. The second-order valence-electron chi connectivity index (χ2n) is 3.31. The van der Waals surface area contributed by atoms with Gasteiger partial charge in [-0.05, 0) is 41.0 Å². The molecule has 0 aliphatic carbocycles. The standard InChI is InChI=1S/C10H11BrFNO/c11-9-2-1-7(5-10(9)12)14-8-3-4-13-6-8/h1-2,5,8,13H,3-4,6H2/t8-/m0/s1. The van der Waals surface area contributed by atoms with Gasteiger partial charge in [-0.15, -0.1) is 0 Å². The molecule has 0 aromatic heterocycles. The van der Waals surface area contributed by atoms with E-state index in [0.29, 0.717) is 10.2 Å². The predicted octanol–water partition coefficient (Wildman–Crippen LogP) is 2.33. The normalized spacial score (nSPS) is 21.1. The van der Waals surface area contributed by atoms with Crippen molar-refractivity contribution in [3.05, 3.63) is 28.5 Å². The highest BCUT2D eigenvalue weighted by Crippen LogP contribution is 2.22. The topological polar surface area (TPSA) is 21.3 Å². The Morgan fingerprint density at radius 2 is 2.36 bits per heavy atom. The summed E-state index contributed by atoms with van der Waals surface area (Å²) < 4.78 is 19.2. The van der Waals surface area contributed by atoms with Gasteiger partial charge in [-0.1, -0.05) is 0 Å². The minimum absolute atomic E-state index is 0.176. The average molecular weight is 260 g/mol. The Balaban J connectivity index is 2.05. The molecule has 0 spiro atoms. The summed E-state index contributed by atoms with van der Waals surface area (Å²) in [6.45, 7) is 1.82. The lowest BCUT2D eigenvalue weighted by molar-refractivity contribution is 0.222. The van der Waals surface area contributed by atoms with Gasteiger partial charge >= 0.3 is 0 Å². The molecule has 76 valence electrons. The van der Waals surface area contributed by atoms with E-state index in [1.807, 2.05) is 0 Å². The van der Waals surface area contributed by atoms with Crippen molar-refractivity contribution < 1.29 is 9.13 Å². The molecular formula is C10H11BrFNO. The zero-order valence-electron chi connectivity index (χ0n) is 7.59. The number of halogens is 2. The van der Waals surface area contributed by atoms with Gasteiger partial charge in [0.25, 0.3) is 0 Å². The van der Waals surface area contributed by atoms with E-state index in [1.165, 1.54) is 6.07 Å². The maximum absolute atomic E-state index is 13.1. The van der Waals surface area contributed by atoms with Crippen LogP contribution in [-0.4, -0.2) is 19.2 Å². The first-order chi connectivity index (χ1) is 6.75. The Morgan fingerprint density at radius 3 is 3.00 bits per heavy atom. The lowest BCUT2D eigenvalue weighted by Gasteiger charge is -2.12. The third kappa shape index (κ3) is 2.25. The zero-order chi connectivity index (χ0) is 9.97. The van der Waals surface area contributed by atoms with Gasteiger partial charge in [0.15, 0.2) is 0 Å². The van der Waals surface area contributed by atoms with Gasteiger partial charge in [0.1, 0.15) is 17.7 Å². The minimum Gasteiger partial charge on any atom is -0.489 e. The maximum Gasteiger partial charge on any atom is 0.141 e. The second-order valence-corrected chi connectivity index (χ2v) is 4.16. The van der Waals surface area contributed by atoms with Gasteiger partial charge in [0.05, 0.1) is 4.47 Å². The average Bonchev–Trinajstić information content (AvgIpc) is 2.64. The SMILES string of the molecule is Fc1cc(O[C@H]2CCNC2)ccc1Br. The van der Waals surface area contributed by atoms with Crippen LogP contribution in [0.2, 0.25) is 0 Å². The van der Waals surface area contributed by atoms with Gasteiger partial charge in [0, 0.05) is 12.6 Å². The first kappa shape index (κ1) is 9.93. The molecule has 1 aromatic rings. The molecule has 0 bridgehead atoms. The Morgan fingerprint density at radius 1 is 1.50 bits per heavy atom. The van der Waals surface area contributed by atoms with Crippen molar-refractivity contribution in [2.45, 2.75) is 12.5 Å². The largest absolute Gasteiger partial charge is 0.489 e. The fourth-order valence-corrected chi connectivity index (χ4v) is 1.72. The Hall–Kier alpha value is -0.610. The van der Waals surface area contributed by atoms with Crippen molar-refractivity contribution in [3.8, 4) is 5.75 Å². The summed E-state index contributed by atoms with van der Waals surface area (Å²) in [5, 5.41) is 3.19. The highest BCUT2D eigenvalue weighted by Gasteiger charge is 2.16. The van der Waals surface area contributed by atoms with E-state index >= 15 is 0 Å². The molecule has 1 saturated heterocycles. The summed E-state index contributed by atoms with van der Waals surface area (Å²) >= 11 is 3.10. The fraction of sp³-hybridized carbons (Fsp3) is 0.400. The van der Waals surface area contributed by atoms with Crippen molar-refractivity contribution in [3.63, 3.8) is 0 Å². The number of hydrogen-bond acceptors (Lipinski definition) is 2. The number of ether oxygens (including phenoxy) is 1. The van der Waals surface area contributed by atoms with Gasteiger partial charge in [-0.3, -0.25) is 0 Å². The lowest BCUT2D eigenvalue weighted by Crippen LogP contribution is -2.19. The summed E-state index contributed by atoms with van der Waals surface area (Å²) in [5.41, 5.74) is 0. The van der Waals surface area contributed by atoms with Crippen LogP contribution in [0.15, 0.2) is 22.7 Å². The molecule has 1 aromatic carbocycles. The monoisotopic (exact) mass is 259 g/mol. The van der Waals surface area contributed by atoms with Crippen molar-refractivity contribution in [2.24, 2.45) is 0 Å². The molecule has 4 heteroatoms. The first-order valence-electron chi connectivity index (χ1n) is 4.58. The summed E-state index contributed by atoms with van der Waals surface area (Å²) in [5.74, 6) is 0.313. The molecule has 1 aliphatic heterocycles. The molecule has 1 N–H and O–H groups in total. The van der Waals surface area contributed by atoms with Crippen LogP contribution in [0.25, 0.3) is 0 Å². The molecule has 1 atom stereocenters. The molecule has 2 rings (SSSR count). The van der Waals surface area contributed by atoms with Crippen molar-refractivity contribution >= 4 is 15.9 Å². The van der Waals surface area contributed by atoms with Gasteiger partial charge < -0.3 is 10.1 Å². The maximum atomic E-state index is 13.1. The predicted molar refractivity (Wildman–Crippen MR) is 56.0 cm³/mol. The van der Waals surface area contributed by atoms with Crippen LogP contribution in [0.5, 0.6) is 5.75 Å². The third-order valence-electron chi connectivity index (χ3n) is 2.21. The lowest BCUT2D eigenvalue weighted by atomic mass is 10.3. The van der Waals surface area contributed by atoms with Crippen LogP contribution in [0.3, 0.4) is 0 Å². The molecule has 1 fully saturated rings. The van der Waals surface area contributed by atoms with E-state index in [4.69, 9.17) is 4.74 Å². The first-order valence-corrected chi connectivity index (χ1v) is 5.37. The smallest absolute Gasteiger partial charge is 0.141 e. The van der Waals surface area contributed by atoms with Gasteiger partial charge in [0.2, 0.25) is 0 Å². The van der Waals surface area contributed by atoms with Gasteiger partial charge in [-0.25, -0.2) is 4.39 Å². The van der Waals surface area contributed by atoms with E-state index in [-0.39, 0.29) is 11.9 Å². The van der Waals surface area contributed by atoms with Crippen molar-refractivity contribution in [2.75, 3.05) is 13.1 Å². The van der Waals surface area contributed by atoms with Crippen LogP contribution in [0.4, 0.5) is 4.39 Å². The Labute approximate surface area is 90.6 Å². The number of nitrogens with one attached hydrogen (secondary N) is 1. The summed E-state index contributed by atoms with van der Waals surface area (Å²) in [6, 6.07) is 4.83.